The molecule has 1 saturated carbocycles. The summed E-state index contributed by atoms with van der Waals surface area (Å²) >= 11 is 0. The zero-order valence-electron chi connectivity index (χ0n) is 8.11. The standard InChI is InChI=1S/C9H17N4/c1-9(5-3-2-4-6-9)13-8-12(10)7-11-13/h7-8H,2-6,10H2,1H3/q+1. The van der Waals surface area contributed by atoms with Gasteiger partial charge in [-0.2, -0.15) is 0 Å². The van der Waals surface area contributed by atoms with Crippen LogP contribution >= 0.6 is 0 Å². The minimum atomic E-state index is 0.197. The zero-order chi connectivity index (χ0) is 9.31. The second-order valence-corrected chi connectivity index (χ2v) is 4.20. The molecule has 2 N–H and O–H groups in total. The summed E-state index contributed by atoms with van der Waals surface area (Å²) in [7, 11) is 0. The van der Waals surface area contributed by atoms with Crippen molar-refractivity contribution in [3.63, 3.8) is 0 Å². The predicted octanol–water partition coefficient (Wildman–Crippen LogP) is 0.564. The molecular formula is C9H17N4+. The first-order valence-electron chi connectivity index (χ1n) is 4.92. The number of aromatic nitrogens is 3. The van der Waals surface area contributed by atoms with E-state index in [1.807, 2.05) is 11.0 Å². The van der Waals surface area contributed by atoms with Crippen molar-refractivity contribution in [2.24, 2.45) is 0 Å². The predicted molar refractivity (Wildman–Crippen MR) is 49.3 cm³/mol. The monoisotopic (exact) mass is 181 g/mol. The molecule has 0 spiro atoms. The van der Waals surface area contributed by atoms with Crippen molar-refractivity contribution in [3.05, 3.63) is 12.7 Å². The van der Waals surface area contributed by atoms with E-state index in [0.29, 0.717) is 0 Å². The Hall–Kier alpha value is -1.06. The average Bonchev–Trinajstić information content (AvgIpc) is 2.54. The molecule has 13 heavy (non-hydrogen) atoms. The molecule has 1 aromatic rings. The van der Waals surface area contributed by atoms with Crippen LogP contribution in [0.2, 0.25) is 0 Å². The number of nitrogens with two attached hydrogens (primary N) is 1. The van der Waals surface area contributed by atoms with E-state index < -0.39 is 0 Å². The highest BCUT2D eigenvalue weighted by Crippen LogP contribution is 2.33. The minimum absolute atomic E-state index is 0.197. The molecule has 0 amide bonds. The molecule has 72 valence electrons. The fourth-order valence-electron chi connectivity index (χ4n) is 2.12. The minimum Gasteiger partial charge on any atom is -0.289 e. The lowest BCUT2D eigenvalue weighted by atomic mass is 9.83. The maximum Gasteiger partial charge on any atom is 0.286 e. The van der Waals surface area contributed by atoms with Crippen LogP contribution in [0.1, 0.15) is 39.0 Å². The van der Waals surface area contributed by atoms with Gasteiger partial charge in [0.2, 0.25) is 6.33 Å². The molecule has 1 aliphatic carbocycles. The van der Waals surface area contributed by atoms with E-state index in [9.17, 15) is 0 Å². The van der Waals surface area contributed by atoms with Crippen LogP contribution in [-0.4, -0.2) is 9.78 Å². The Labute approximate surface area is 78.3 Å². The van der Waals surface area contributed by atoms with Crippen molar-refractivity contribution in [1.29, 1.82) is 0 Å². The molecule has 1 aliphatic rings. The number of nitrogens with zero attached hydrogens (tertiary/aromatic N) is 3. The Balaban J connectivity index is 2.22. The SMILES string of the molecule is CC1(n2c[n+](N)cn2)CCCCC1. The topological polar surface area (TPSA) is 47.7 Å². The summed E-state index contributed by atoms with van der Waals surface area (Å²) in [5.41, 5.74) is 0.197. The molecule has 1 aromatic heterocycles. The van der Waals surface area contributed by atoms with Gasteiger partial charge in [-0.15, -0.1) is 9.36 Å². The molecule has 0 aliphatic heterocycles. The van der Waals surface area contributed by atoms with Gasteiger partial charge in [-0.05, 0) is 32.6 Å². The first-order valence-corrected chi connectivity index (χ1v) is 4.92. The van der Waals surface area contributed by atoms with Crippen molar-refractivity contribution in [1.82, 2.24) is 9.78 Å². The molecular weight excluding hydrogens is 164 g/mol. The van der Waals surface area contributed by atoms with Crippen LogP contribution in [0.25, 0.3) is 0 Å². The van der Waals surface area contributed by atoms with Gasteiger partial charge in [-0.25, -0.2) is 0 Å². The van der Waals surface area contributed by atoms with Gasteiger partial charge in [0.1, 0.15) is 5.54 Å². The van der Waals surface area contributed by atoms with Crippen LogP contribution in [0, 0.1) is 0 Å². The number of nitrogen functional groups attached to an aromatic ring is 1. The molecule has 0 aromatic carbocycles. The molecule has 1 fully saturated rings. The summed E-state index contributed by atoms with van der Waals surface area (Å²) in [6.07, 6.45) is 9.93. The summed E-state index contributed by atoms with van der Waals surface area (Å²) in [6, 6.07) is 0. The van der Waals surface area contributed by atoms with Gasteiger partial charge in [-0.1, -0.05) is 6.42 Å². The maximum absolute atomic E-state index is 5.58. The molecule has 4 nitrogen and oxygen atoms in total. The molecule has 0 saturated heterocycles. The summed E-state index contributed by atoms with van der Waals surface area (Å²) in [5.74, 6) is 5.58. The van der Waals surface area contributed by atoms with E-state index in [4.69, 9.17) is 5.84 Å². The van der Waals surface area contributed by atoms with E-state index in [2.05, 4.69) is 12.0 Å². The van der Waals surface area contributed by atoms with Crippen LogP contribution in [-0.2, 0) is 5.54 Å². The summed E-state index contributed by atoms with van der Waals surface area (Å²) in [5, 5.41) is 4.27. The highest BCUT2D eigenvalue weighted by Gasteiger charge is 2.34. The largest absolute Gasteiger partial charge is 0.289 e. The second kappa shape index (κ2) is 3.01. The Morgan fingerprint density at radius 2 is 2.08 bits per heavy atom. The van der Waals surface area contributed by atoms with Gasteiger partial charge in [0.25, 0.3) is 6.33 Å². The fourth-order valence-corrected chi connectivity index (χ4v) is 2.12. The van der Waals surface area contributed by atoms with Gasteiger partial charge in [0.05, 0.1) is 0 Å². The lowest BCUT2D eigenvalue weighted by Gasteiger charge is -2.28. The highest BCUT2D eigenvalue weighted by molar-refractivity contribution is 4.82. The number of hydrogen-bond donors (Lipinski definition) is 1. The molecule has 4 heteroatoms. The smallest absolute Gasteiger partial charge is 0.286 e. The normalized spacial score (nSPS) is 21.6. The highest BCUT2D eigenvalue weighted by atomic mass is 15.5. The van der Waals surface area contributed by atoms with E-state index >= 15 is 0 Å². The summed E-state index contributed by atoms with van der Waals surface area (Å²) in [4.78, 5) is 0. The molecule has 2 rings (SSSR count). The molecule has 1 heterocycles. The number of rotatable bonds is 1. The second-order valence-electron chi connectivity index (χ2n) is 4.20. The average molecular weight is 181 g/mol. The van der Waals surface area contributed by atoms with Crippen LogP contribution in [0.5, 0.6) is 0 Å². The van der Waals surface area contributed by atoms with E-state index in [-0.39, 0.29) is 5.54 Å². The van der Waals surface area contributed by atoms with Gasteiger partial charge in [0, 0.05) is 5.10 Å². The molecule has 0 bridgehead atoms. The molecule has 0 atom stereocenters. The van der Waals surface area contributed by atoms with Crippen molar-refractivity contribution >= 4 is 0 Å². The third kappa shape index (κ3) is 1.53. The molecule has 0 unspecified atom stereocenters. The maximum atomic E-state index is 5.58. The Bertz CT molecular complexity index is 286. The van der Waals surface area contributed by atoms with Crippen LogP contribution in [0.3, 0.4) is 0 Å². The summed E-state index contributed by atoms with van der Waals surface area (Å²) < 4.78 is 3.52. The van der Waals surface area contributed by atoms with Gasteiger partial charge < -0.3 is 0 Å². The number of hydrogen-bond acceptors (Lipinski definition) is 2. The lowest BCUT2D eigenvalue weighted by molar-refractivity contribution is -0.640. The zero-order valence-corrected chi connectivity index (χ0v) is 8.11. The van der Waals surface area contributed by atoms with Gasteiger partial charge in [0.15, 0.2) is 0 Å². The van der Waals surface area contributed by atoms with Crippen molar-refractivity contribution < 1.29 is 4.68 Å². The molecule has 0 radical (unpaired) electrons. The van der Waals surface area contributed by atoms with Gasteiger partial charge in [-0.3, -0.25) is 5.84 Å². The third-order valence-corrected chi connectivity index (χ3v) is 3.04. The van der Waals surface area contributed by atoms with E-state index in [1.165, 1.54) is 36.8 Å². The van der Waals surface area contributed by atoms with Crippen LogP contribution in [0.15, 0.2) is 12.7 Å². The Kier molecular flexibility index (Phi) is 1.98. The van der Waals surface area contributed by atoms with E-state index in [0.717, 1.165) is 0 Å². The quantitative estimate of drug-likeness (QED) is 0.508. The third-order valence-electron chi connectivity index (χ3n) is 3.04. The Morgan fingerprint density at radius 3 is 2.62 bits per heavy atom. The lowest BCUT2D eigenvalue weighted by Crippen LogP contribution is -2.43. The first kappa shape index (κ1) is 8.53. The fraction of sp³-hybridized carbons (Fsp3) is 0.778. The van der Waals surface area contributed by atoms with Crippen LogP contribution in [0.4, 0.5) is 0 Å². The van der Waals surface area contributed by atoms with Gasteiger partial charge >= 0.3 is 0 Å². The summed E-state index contributed by atoms with van der Waals surface area (Å²) in [6.45, 7) is 2.26. The van der Waals surface area contributed by atoms with Crippen molar-refractivity contribution in [3.8, 4) is 0 Å². The van der Waals surface area contributed by atoms with Crippen molar-refractivity contribution in [2.45, 2.75) is 44.6 Å². The first-order chi connectivity index (χ1) is 6.21. The Morgan fingerprint density at radius 1 is 1.38 bits per heavy atom. The van der Waals surface area contributed by atoms with E-state index in [1.54, 1.807) is 6.33 Å². The van der Waals surface area contributed by atoms with Crippen LogP contribution < -0.4 is 10.5 Å². The van der Waals surface area contributed by atoms with Crippen molar-refractivity contribution in [2.75, 3.05) is 5.84 Å².